The van der Waals surface area contributed by atoms with Gasteiger partial charge in [-0.2, -0.15) is 5.16 Å². The molecule has 1 unspecified atom stereocenters. The van der Waals surface area contributed by atoms with Crippen LogP contribution in [0.3, 0.4) is 0 Å². The van der Waals surface area contributed by atoms with E-state index in [4.69, 9.17) is 14.2 Å². The number of pyridine rings is 2. The number of halogens is 2. The van der Waals surface area contributed by atoms with Gasteiger partial charge in [-0.15, -0.1) is 11.3 Å². The smallest absolute Gasteiger partial charge is 0.280 e. The summed E-state index contributed by atoms with van der Waals surface area (Å²) in [6, 6.07) is 9.10. The number of thiophene rings is 1. The topological polar surface area (TPSA) is 113 Å². The summed E-state index contributed by atoms with van der Waals surface area (Å²) in [5.41, 5.74) is 3.77. The van der Waals surface area contributed by atoms with Gasteiger partial charge in [-0.1, -0.05) is 6.07 Å². The van der Waals surface area contributed by atoms with Crippen LogP contribution in [0.5, 0.6) is 0 Å². The van der Waals surface area contributed by atoms with E-state index in [1.807, 2.05) is 17.0 Å². The number of hydrogen-bond donors (Lipinski definition) is 2. The first-order valence-corrected chi connectivity index (χ1v) is 16.5. The minimum atomic E-state index is -0.905. The third-order valence-corrected chi connectivity index (χ3v) is 10.5. The van der Waals surface area contributed by atoms with E-state index in [1.165, 1.54) is 29.5 Å². The molecular weight excluding hydrogens is 612 g/mol. The predicted molar refractivity (Wildman–Crippen MR) is 170 cm³/mol. The molecule has 1 aromatic carbocycles. The molecule has 12 heteroatoms. The molecule has 8 rings (SSSR count). The zero-order chi connectivity index (χ0) is 31.4. The number of ether oxygens (including phenoxy) is 1. The molecule has 0 aliphatic carbocycles. The number of nitrogens with one attached hydrogen (secondary N) is 2. The van der Waals surface area contributed by atoms with Crippen molar-refractivity contribution in [2.45, 2.75) is 51.1 Å². The fourth-order valence-electron chi connectivity index (χ4n) is 7.07. The fraction of sp³-hybridized carbons (Fsp3) is 0.353. The Hall–Kier alpha value is -4.42. The number of aryl methyl sites for hydroxylation is 1. The third kappa shape index (κ3) is 5.09. The standard InChI is InChI=1S/C34H31F2N5O4S/c35-21-5-3-19(14-22(21)36)17-38-33-32-20(7-10-37-33)15-26(46-32)29-28(25-16-27(42)40-45-25)23(6-4-18-8-12-44-13-9-18)39-31-24-2-1-11-41(24)34(43)30(29)31/h3,5,7,10,14-16,18,24H,1-2,4,6,8-9,11-13,17H2,(H,37,38)(H,40,42). The highest BCUT2D eigenvalue weighted by Gasteiger charge is 2.44. The van der Waals surface area contributed by atoms with Gasteiger partial charge < -0.3 is 19.5 Å². The Morgan fingerprint density at radius 1 is 1.02 bits per heavy atom. The first kappa shape index (κ1) is 29.0. The van der Waals surface area contributed by atoms with Crippen molar-refractivity contribution in [1.29, 1.82) is 0 Å². The van der Waals surface area contributed by atoms with Crippen molar-refractivity contribution < 1.29 is 22.8 Å². The highest BCUT2D eigenvalue weighted by Crippen LogP contribution is 2.50. The Bertz CT molecular complexity index is 2030. The largest absolute Gasteiger partial charge is 0.381 e. The van der Waals surface area contributed by atoms with Crippen LogP contribution in [-0.2, 0) is 17.7 Å². The quantitative estimate of drug-likeness (QED) is 0.190. The monoisotopic (exact) mass is 643 g/mol. The van der Waals surface area contributed by atoms with Gasteiger partial charge >= 0.3 is 0 Å². The average Bonchev–Trinajstić information content (AvgIpc) is 3.86. The molecule has 4 aromatic heterocycles. The number of aromatic amines is 1. The zero-order valence-electron chi connectivity index (χ0n) is 24.9. The van der Waals surface area contributed by atoms with E-state index >= 15 is 0 Å². The van der Waals surface area contributed by atoms with E-state index in [0.29, 0.717) is 47.2 Å². The number of nitrogens with zero attached hydrogens (tertiary/aromatic N) is 3. The maximum atomic E-state index is 14.1. The molecule has 1 atom stereocenters. The second-order valence-corrected chi connectivity index (χ2v) is 13.2. The Kier molecular flexibility index (Phi) is 7.41. The molecule has 5 aromatic rings. The molecule has 2 fully saturated rings. The summed E-state index contributed by atoms with van der Waals surface area (Å²) in [5.74, 6) is -0.413. The summed E-state index contributed by atoms with van der Waals surface area (Å²) in [6.45, 7) is 2.42. The van der Waals surface area contributed by atoms with Gasteiger partial charge in [0.2, 0.25) is 0 Å². The van der Waals surface area contributed by atoms with Gasteiger partial charge in [-0.25, -0.2) is 13.8 Å². The van der Waals surface area contributed by atoms with E-state index in [1.54, 1.807) is 6.20 Å². The molecule has 2 saturated heterocycles. The van der Waals surface area contributed by atoms with Crippen molar-refractivity contribution in [3.8, 4) is 21.8 Å². The summed E-state index contributed by atoms with van der Waals surface area (Å²) < 4.78 is 39.5. The van der Waals surface area contributed by atoms with Gasteiger partial charge in [0, 0.05) is 42.9 Å². The second kappa shape index (κ2) is 11.7. The van der Waals surface area contributed by atoms with Crippen LogP contribution in [0.4, 0.5) is 14.6 Å². The van der Waals surface area contributed by atoms with E-state index < -0.39 is 11.6 Å². The number of benzene rings is 1. The van der Waals surface area contributed by atoms with Gasteiger partial charge in [0.1, 0.15) is 5.82 Å². The Morgan fingerprint density at radius 2 is 1.89 bits per heavy atom. The molecule has 0 saturated carbocycles. The molecule has 9 nitrogen and oxygen atoms in total. The SMILES string of the molecule is O=C1c2c(nc(CCC3CCOCC3)c(-c3cc(=O)[nH]o3)c2-c2cc3ccnc(NCc4ccc(F)c(F)c4)c3s2)C2CCCN12. The fourth-order valence-corrected chi connectivity index (χ4v) is 8.25. The van der Waals surface area contributed by atoms with E-state index in [0.717, 1.165) is 83.3 Å². The van der Waals surface area contributed by atoms with Gasteiger partial charge in [0.15, 0.2) is 17.4 Å². The maximum absolute atomic E-state index is 14.1. The summed E-state index contributed by atoms with van der Waals surface area (Å²) in [4.78, 5) is 39.0. The van der Waals surface area contributed by atoms with Crippen molar-refractivity contribution >= 4 is 33.1 Å². The summed E-state index contributed by atoms with van der Waals surface area (Å²) in [5, 5.41) is 6.62. The van der Waals surface area contributed by atoms with Crippen molar-refractivity contribution in [2.75, 3.05) is 25.1 Å². The highest BCUT2D eigenvalue weighted by molar-refractivity contribution is 7.23. The lowest BCUT2D eigenvalue weighted by molar-refractivity contribution is 0.0639. The van der Waals surface area contributed by atoms with Crippen molar-refractivity contribution in [1.82, 2.24) is 20.0 Å². The van der Waals surface area contributed by atoms with E-state index in [9.17, 15) is 18.4 Å². The number of hydrogen-bond acceptors (Lipinski definition) is 8. The van der Waals surface area contributed by atoms with Crippen LogP contribution in [0.15, 0.2) is 51.9 Å². The van der Waals surface area contributed by atoms with Gasteiger partial charge in [0.05, 0.1) is 39.3 Å². The number of aromatic nitrogens is 3. The van der Waals surface area contributed by atoms with Crippen molar-refractivity contribution in [2.24, 2.45) is 5.92 Å². The molecule has 0 spiro atoms. The number of anilines is 1. The normalized spacial score (nSPS) is 18.0. The van der Waals surface area contributed by atoms with Crippen LogP contribution >= 0.6 is 11.3 Å². The van der Waals surface area contributed by atoms with Gasteiger partial charge in [-0.3, -0.25) is 14.6 Å². The molecule has 3 aliphatic rings. The summed E-state index contributed by atoms with van der Waals surface area (Å²) in [6.07, 6.45) is 7.04. The number of amides is 1. The number of carbonyl (C=O) groups is 1. The van der Waals surface area contributed by atoms with Crippen LogP contribution in [0, 0.1) is 17.6 Å². The lowest BCUT2D eigenvalue weighted by Crippen LogP contribution is -2.22. The minimum Gasteiger partial charge on any atom is -0.381 e. The van der Waals surface area contributed by atoms with Crippen LogP contribution < -0.4 is 10.9 Å². The van der Waals surface area contributed by atoms with Crippen LogP contribution in [0.2, 0.25) is 0 Å². The van der Waals surface area contributed by atoms with Crippen LogP contribution in [-0.4, -0.2) is 45.7 Å². The summed E-state index contributed by atoms with van der Waals surface area (Å²) >= 11 is 1.48. The van der Waals surface area contributed by atoms with Crippen LogP contribution in [0.25, 0.3) is 31.9 Å². The molecule has 0 bridgehead atoms. The van der Waals surface area contributed by atoms with Crippen LogP contribution in [0.1, 0.15) is 65.5 Å². The molecule has 1 amide bonds. The Labute approximate surface area is 266 Å². The number of rotatable bonds is 8. The van der Waals surface area contributed by atoms with Crippen molar-refractivity contribution in [3.05, 3.63) is 87.1 Å². The predicted octanol–water partition coefficient (Wildman–Crippen LogP) is 6.85. The molecule has 2 N–H and O–H groups in total. The van der Waals surface area contributed by atoms with E-state index in [2.05, 4.69) is 15.5 Å². The first-order chi connectivity index (χ1) is 22.4. The molecule has 0 radical (unpaired) electrons. The minimum absolute atomic E-state index is 0.0534. The van der Waals surface area contributed by atoms with E-state index in [-0.39, 0.29) is 24.1 Å². The lowest BCUT2D eigenvalue weighted by Gasteiger charge is -2.23. The maximum Gasteiger partial charge on any atom is 0.280 e. The number of H-pyrrole nitrogens is 1. The highest BCUT2D eigenvalue weighted by atomic mass is 32.1. The Morgan fingerprint density at radius 3 is 2.70 bits per heavy atom. The lowest BCUT2D eigenvalue weighted by atomic mass is 9.89. The average molecular weight is 644 g/mol. The first-order valence-electron chi connectivity index (χ1n) is 15.7. The van der Waals surface area contributed by atoms with Gasteiger partial charge in [-0.05, 0) is 79.7 Å². The molecule has 3 aliphatic heterocycles. The number of fused-ring (bicyclic) bond motifs is 4. The second-order valence-electron chi connectivity index (χ2n) is 12.2. The molecule has 7 heterocycles. The van der Waals surface area contributed by atoms with Gasteiger partial charge in [0.25, 0.3) is 11.5 Å². The third-order valence-electron chi connectivity index (χ3n) is 9.37. The zero-order valence-corrected chi connectivity index (χ0v) is 25.7. The molecule has 46 heavy (non-hydrogen) atoms. The molecule has 236 valence electrons. The Balaban J connectivity index is 1.27. The number of carbonyl (C=O) groups excluding carboxylic acids is 1. The molecular formula is C34H31F2N5O4S. The van der Waals surface area contributed by atoms with Crippen molar-refractivity contribution in [3.63, 3.8) is 0 Å². The summed E-state index contributed by atoms with van der Waals surface area (Å²) in [7, 11) is 0.